The van der Waals surface area contributed by atoms with Crippen molar-refractivity contribution in [2.45, 2.75) is 26.3 Å². The third kappa shape index (κ3) is 4.72. The van der Waals surface area contributed by atoms with E-state index >= 15 is 0 Å². The lowest BCUT2D eigenvalue weighted by Gasteiger charge is -2.28. The van der Waals surface area contributed by atoms with Crippen LogP contribution < -0.4 is 5.32 Å². The van der Waals surface area contributed by atoms with Crippen molar-refractivity contribution in [2.75, 3.05) is 18.8 Å². The number of nitrogens with one attached hydrogen (secondary N) is 1. The van der Waals surface area contributed by atoms with Gasteiger partial charge in [-0.25, -0.2) is 8.42 Å². The molecule has 0 bridgehead atoms. The predicted octanol–water partition coefficient (Wildman–Crippen LogP) is 3.81. The van der Waals surface area contributed by atoms with Crippen molar-refractivity contribution in [3.8, 4) is 11.3 Å². The fourth-order valence-electron chi connectivity index (χ4n) is 3.86. The smallest absolute Gasteiger partial charge is 0.257 e. The van der Waals surface area contributed by atoms with Crippen LogP contribution in [0.2, 0.25) is 5.02 Å². The summed E-state index contributed by atoms with van der Waals surface area (Å²) >= 11 is 6.24. The summed E-state index contributed by atoms with van der Waals surface area (Å²) in [5, 5.41) is 7.24. The minimum atomic E-state index is -3.41. The lowest BCUT2D eigenvalue weighted by molar-refractivity contribution is 0.0952. The zero-order valence-electron chi connectivity index (χ0n) is 17.7. The number of carbonyl (C=O) groups is 1. The zero-order chi connectivity index (χ0) is 22.7. The van der Waals surface area contributed by atoms with Crippen molar-refractivity contribution in [3.63, 3.8) is 0 Å². The van der Waals surface area contributed by atoms with Crippen molar-refractivity contribution >= 4 is 27.5 Å². The van der Waals surface area contributed by atoms with Gasteiger partial charge in [-0.2, -0.15) is 4.31 Å². The lowest BCUT2D eigenvalue weighted by Crippen LogP contribution is -2.38. The van der Waals surface area contributed by atoms with Gasteiger partial charge in [0.2, 0.25) is 10.0 Å². The summed E-state index contributed by atoms with van der Waals surface area (Å²) in [7, 11) is -3.41. The normalized spacial score (nSPS) is 14.2. The second-order valence-electron chi connectivity index (χ2n) is 7.72. The second-order valence-corrected chi connectivity index (χ2v) is 10.2. The van der Waals surface area contributed by atoms with Crippen LogP contribution in [0.3, 0.4) is 0 Å². The van der Waals surface area contributed by atoms with Crippen LogP contribution in [-0.2, 0) is 23.0 Å². The molecule has 0 spiro atoms. The van der Waals surface area contributed by atoms with Gasteiger partial charge in [0.1, 0.15) is 17.0 Å². The number of benzene rings is 2. The monoisotopic (exact) mass is 473 g/mol. The van der Waals surface area contributed by atoms with E-state index in [0.717, 1.165) is 5.56 Å². The molecule has 1 aromatic heterocycles. The van der Waals surface area contributed by atoms with E-state index in [9.17, 15) is 13.2 Å². The van der Waals surface area contributed by atoms with Gasteiger partial charge < -0.3 is 9.84 Å². The van der Waals surface area contributed by atoms with Gasteiger partial charge in [-0.15, -0.1) is 0 Å². The molecule has 9 heteroatoms. The highest BCUT2D eigenvalue weighted by molar-refractivity contribution is 7.89. The third-order valence-corrected chi connectivity index (χ3v) is 7.81. The van der Waals surface area contributed by atoms with E-state index in [1.807, 2.05) is 24.3 Å². The Labute approximate surface area is 192 Å². The number of amides is 1. The standard InChI is InChI=1S/C23H24ClN3O4S/c1-16-21(22(26-31-16)19-9-4-5-10-20(19)24)23(28)25-12-6-14-32(29,30)27-13-11-17-7-2-3-8-18(17)15-27/h2-5,7-10H,6,11-15H2,1H3,(H,25,28). The Bertz CT molecular complexity index is 1240. The molecule has 0 unspecified atom stereocenters. The first-order valence-corrected chi connectivity index (χ1v) is 12.4. The van der Waals surface area contributed by atoms with Crippen LogP contribution in [0, 0.1) is 6.92 Å². The molecule has 1 aliphatic rings. The molecule has 168 valence electrons. The van der Waals surface area contributed by atoms with Crippen LogP contribution in [0.4, 0.5) is 0 Å². The number of hydrogen-bond acceptors (Lipinski definition) is 5. The van der Waals surface area contributed by atoms with Crippen molar-refractivity contribution < 1.29 is 17.7 Å². The molecule has 0 aliphatic carbocycles. The molecule has 7 nitrogen and oxygen atoms in total. The van der Waals surface area contributed by atoms with Gasteiger partial charge in [-0.05, 0) is 37.0 Å². The quantitative estimate of drug-likeness (QED) is 0.527. The van der Waals surface area contributed by atoms with Crippen LogP contribution in [0.15, 0.2) is 53.1 Å². The molecule has 4 rings (SSSR count). The van der Waals surface area contributed by atoms with Crippen LogP contribution in [0.5, 0.6) is 0 Å². The predicted molar refractivity (Wildman–Crippen MR) is 123 cm³/mol. The zero-order valence-corrected chi connectivity index (χ0v) is 19.2. The molecule has 3 aromatic rings. The number of halogens is 1. The number of rotatable bonds is 7. The highest BCUT2D eigenvalue weighted by atomic mass is 35.5. The van der Waals surface area contributed by atoms with E-state index in [0.29, 0.717) is 53.5 Å². The van der Waals surface area contributed by atoms with Gasteiger partial charge in [0.25, 0.3) is 5.91 Å². The van der Waals surface area contributed by atoms with Crippen molar-refractivity contribution in [2.24, 2.45) is 0 Å². The number of aromatic nitrogens is 1. The van der Waals surface area contributed by atoms with Crippen LogP contribution in [0.1, 0.15) is 33.7 Å². The van der Waals surface area contributed by atoms with Gasteiger partial charge in [-0.1, -0.05) is 59.2 Å². The van der Waals surface area contributed by atoms with E-state index in [2.05, 4.69) is 10.5 Å². The van der Waals surface area contributed by atoms with E-state index in [4.69, 9.17) is 16.1 Å². The largest absolute Gasteiger partial charge is 0.360 e. The highest BCUT2D eigenvalue weighted by Crippen LogP contribution is 2.31. The molecule has 1 N–H and O–H groups in total. The molecule has 0 saturated heterocycles. The van der Waals surface area contributed by atoms with Crippen LogP contribution in [-0.4, -0.2) is 42.6 Å². The average Bonchev–Trinajstić information content (AvgIpc) is 3.17. The molecular formula is C23H24ClN3O4S. The Morgan fingerprint density at radius 3 is 2.66 bits per heavy atom. The summed E-state index contributed by atoms with van der Waals surface area (Å²) in [5.41, 5.74) is 3.51. The first kappa shape index (κ1) is 22.5. The molecule has 2 aromatic carbocycles. The van der Waals surface area contributed by atoms with E-state index in [1.165, 1.54) is 9.87 Å². The fourth-order valence-corrected chi connectivity index (χ4v) is 5.56. The molecule has 0 saturated carbocycles. The SMILES string of the molecule is Cc1onc(-c2ccccc2Cl)c1C(=O)NCCCS(=O)(=O)N1CCc2ccccc2C1. The highest BCUT2D eigenvalue weighted by Gasteiger charge is 2.27. The Kier molecular flexibility index (Phi) is 6.64. The Morgan fingerprint density at radius 1 is 1.16 bits per heavy atom. The topological polar surface area (TPSA) is 92.5 Å². The number of fused-ring (bicyclic) bond motifs is 1. The minimum Gasteiger partial charge on any atom is -0.360 e. The minimum absolute atomic E-state index is 0.0323. The molecule has 2 heterocycles. The molecule has 0 fully saturated rings. The van der Waals surface area contributed by atoms with Gasteiger partial charge in [0.15, 0.2) is 0 Å². The van der Waals surface area contributed by atoms with Gasteiger partial charge >= 0.3 is 0 Å². The van der Waals surface area contributed by atoms with Crippen molar-refractivity contribution in [1.29, 1.82) is 0 Å². The number of nitrogens with zero attached hydrogens (tertiary/aromatic N) is 2. The lowest BCUT2D eigenvalue weighted by atomic mass is 10.0. The maximum atomic E-state index is 12.8. The molecule has 0 atom stereocenters. The Morgan fingerprint density at radius 2 is 1.88 bits per heavy atom. The Hall–Kier alpha value is -2.68. The van der Waals surface area contributed by atoms with Gasteiger partial charge in [-0.3, -0.25) is 4.79 Å². The van der Waals surface area contributed by atoms with Crippen LogP contribution in [0.25, 0.3) is 11.3 Å². The third-order valence-electron chi connectivity index (χ3n) is 5.57. The van der Waals surface area contributed by atoms with Crippen molar-refractivity contribution in [3.05, 3.63) is 76.0 Å². The van der Waals surface area contributed by atoms with Crippen LogP contribution >= 0.6 is 11.6 Å². The number of sulfonamides is 1. The second kappa shape index (κ2) is 9.44. The van der Waals surface area contributed by atoms with E-state index < -0.39 is 10.0 Å². The summed E-state index contributed by atoms with van der Waals surface area (Å²) in [6.45, 7) is 2.74. The van der Waals surface area contributed by atoms with Crippen molar-refractivity contribution in [1.82, 2.24) is 14.8 Å². The fraction of sp³-hybridized carbons (Fsp3) is 0.304. The summed E-state index contributed by atoms with van der Waals surface area (Å²) < 4.78 is 32.3. The first-order valence-electron chi connectivity index (χ1n) is 10.4. The number of aryl methyl sites for hydroxylation is 1. The number of carbonyl (C=O) groups excluding carboxylic acids is 1. The summed E-state index contributed by atoms with van der Waals surface area (Å²) in [6.07, 6.45) is 1.02. The molecule has 1 aliphatic heterocycles. The summed E-state index contributed by atoms with van der Waals surface area (Å²) in [5.74, 6) is -0.0323. The summed E-state index contributed by atoms with van der Waals surface area (Å²) in [4.78, 5) is 12.8. The average molecular weight is 474 g/mol. The Balaban J connectivity index is 1.35. The number of hydrogen-bond donors (Lipinski definition) is 1. The van der Waals surface area contributed by atoms with E-state index in [-0.39, 0.29) is 18.2 Å². The first-order chi connectivity index (χ1) is 15.4. The summed E-state index contributed by atoms with van der Waals surface area (Å²) in [6, 6.07) is 15.0. The molecule has 32 heavy (non-hydrogen) atoms. The molecular weight excluding hydrogens is 450 g/mol. The van der Waals surface area contributed by atoms with Gasteiger partial charge in [0, 0.05) is 25.2 Å². The van der Waals surface area contributed by atoms with Gasteiger partial charge in [0.05, 0.1) is 10.8 Å². The molecule has 0 radical (unpaired) electrons. The maximum Gasteiger partial charge on any atom is 0.257 e. The maximum absolute atomic E-state index is 12.8. The van der Waals surface area contributed by atoms with E-state index in [1.54, 1.807) is 31.2 Å². The molecule has 1 amide bonds.